The van der Waals surface area contributed by atoms with E-state index in [2.05, 4.69) is 15.9 Å². The summed E-state index contributed by atoms with van der Waals surface area (Å²) in [5.74, 6) is 0. The minimum absolute atomic E-state index is 0.117. The fourth-order valence-electron chi connectivity index (χ4n) is 3.47. The number of anilines is 1. The summed E-state index contributed by atoms with van der Waals surface area (Å²) in [6, 6.07) is 20.6. The molecule has 0 unspecified atom stereocenters. The number of rotatable bonds is 1. The monoisotopic (exact) mass is 404 g/mol. The number of nitrogens with two attached hydrogens (primary N) is 1. The fourth-order valence-corrected chi connectivity index (χ4v) is 3.83. The van der Waals surface area contributed by atoms with Gasteiger partial charge >= 0.3 is 0 Å². The molecular formula is C21H13BrN2O2. The third kappa shape index (κ3) is 2.04. The maximum atomic E-state index is 13.4. The number of para-hydroxylation sites is 2. The van der Waals surface area contributed by atoms with Crippen LogP contribution in [0.1, 0.15) is 0 Å². The molecule has 0 aliphatic carbocycles. The highest BCUT2D eigenvalue weighted by Gasteiger charge is 2.19. The smallest absolute Gasteiger partial charge is 0.263 e. The number of hydrogen-bond donors (Lipinski definition) is 1. The number of nitrogens with zero attached hydrogens (tertiary/aromatic N) is 1. The first-order chi connectivity index (χ1) is 12.6. The molecule has 0 amide bonds. The van der Waals surface area contributed by atoms with Gasteiger partial charge in [-0.3, -0.25) is 9.36 Å². The summed E-state index contributed by atoms with van der Waals surface area (Å²) >= 11 is 3.51. The second kappa shape index (κ2) is 5.47. The standard InChI is InChI=1S/C21H13BrN2O2/c22-12-9-10-18-15(11-12)19-20(26-18)13-5-1-2-6-14(13)21(25)24(19)17-8-4-3-7-16(17)23/h1-11H,23H2. The summed E-state index contributed by atoms with van der Waals surface area (Å²) in [7, 11) is 0. The van der Waals surface area contributed by atoms with Crippen molar-refractivity contribution in [3.63, 3.8) is 0 Å². The van der Waals surface area contributed by atoms with Gasteiger partial charge in [0.15, 0.2) is 5.58 Å². The van der Waals surface area contributed by atoms with Crippen LogP contribution in [0.15, 0.2) is 80.4 Å². The number of aromatic nitrogens is 1. The zero-order valence-corrected chi connectivity index (χ0v) is 15.2. The largest absolute Gasteiger partial charge is 0.454 e. The Morgan fingerprint density at radius 1 is 0.885 bits per heavy atom. The topological polar surface area (TPSA) is 61.2 Å². The van der Waals surface area contributed by atoms with E-state index in [1.165, 1.54) is 0 Å². The highest BCUT2D eigenvalue weighted by Crippen LogP contribution is 2.35. The lowest BCUT2D eigenvalue weighted by Gasteiger charge is -2.12. The third-order valence-electron chi connectivity index (χ3n) is 4.63. The number of furan rings is 1. The van der Waals surface area contributed by atoms with E-state index in [1.54, 1.807) is 10.6 Å². The van der Waals surface area contributed by atoms with Crippen molar-refractivity contribution < 1.29 is 4.42 Å². The molecule has 0 saturated carbocycles. The van der Waals surface area contributed by atoms with E-state index in [4.69, 9.17) is 10.2 Å². The molecule has 5 rings (SSSR count). The lowest BCUT2D eigenvalue weighted by molar-refractivity contribution is 0.671. The Morgan fingerprint density at radius 2 is 1.62 bits per heavy atom. The van der Waals surface area contributed by atoms with Crippen LogP contribution >= 0.6 is 15.9 Å². The summed E-state index contributed by atoms with van der Waals surface area (Å²) < 4.78 is 8.73. The number of hydrogen-bond acceptors (Lipinski definition) is 3. The molecule has 2 heterocycles. The van der Waals surface area contributed by atoms with Crippen molar-refractivity contribution in [2.24, 2.45) is 0 Å². The number of benzene rings is 3. The summed E-state index contributed by atoms with van der Waals surface area (Å²) in [5, 5.41) is 2.26. The Hall–Kier alpha value is -3.05. The van der Waals surface area contributed by atoms with Gasteiger partial charge in [0.1, 0.15) is 11.1 Å². The van der Waals surface area contributed by atoms with Crippen LogP contribution in [0.5, 0.6) is 0 Å². The Bertz CT molecular complexity index is 1380. The lowest BCUT2D eigenvalue weighted by atomic mass is 10.1. The molecule has 0 saturated heterocycles. The zero-order valence-electron chi connectivity index (χ0n) is 13.6. The van der Waals surface area contributed by atoms with Gasteiger partial charge in [0, 0.05) is 15.2 Å². The van der Waals surface area contributed by atoms with Crippen molar-refractivity contribution >= 4 is 54.5 Å². The van der Waals surface area contributed by atoms with Gasteiger partial charge in [-0.05, 0) is 36.4 Å². The molecule has 0 aliphatic heterocycles. The predicted octanol–water partition coefficient (Wildman–Crippen LogP) is 5.23. The summed E-state index contributed by atoms with van der Waals surface area (Å²) in [4.78, 5) is 13.4. The second-order valence-electron chi connectivity index (χ2n) is 6.17. The van der Waals surface area contributed by atoms with E-state index < -0.39 is 0 Å². The lowest BCUT2D eigenvalue weighted by Crippen LogP contribution is -2.19. The highest BCUT2D eigenvalue weighted by atomic mass is 79.9. The van der Waals surface area contributed by atoms with Gasteiger partial charge in [-0.1, -0.05) is 46.3 Å². The van der Waals surface area contributed by atoms with Crippen molar-refractivity contribution in [3.8, 4) is 5.69 Å². The van der Waals surface area contributed by atoms with Crippen LogP contribution < -0.4 is 11.3 Å². The molecule has 5 heteroatoms. The number of halogens is 1. The maximum absolute atomic E-state index is 13.4. The second-order valence-corrected chi connectivity index (χ2v) is 7.08. The van der Waals surface area contributed by atoms with Crippen LogP contribution in [-0.4, -0.2) is 4.57 Å². The quantitative estimate of drug-likeness (QED) is 0.388. The molecule has 0 fully saturated rings. The maximum Gasteiger partial charge on any atom is 0.263 e. The van der Waals surface area contributed by atoms with Gasteiger partial charge in [0.05, 0.1) is 16.8 Å². The molecule has 5 aromatic rings. The molecule has 2 aromatic heterocycles. The van der Waals surface area contributed by atoms with E-state index in [1.807, 2.05) is 60.7 Å². The van der Waals surface area contributed by atoms with Gasteiger partial charge in [-0.15, -0.1) is 0 Å². The van der Waals surface area contributed by atoms with Gasteiger partial charge in [0.2, 0.25) is 0 Å². The van der Waals surface area contributed by atoms with Crippen LogP contribution in [0.3, 0.4) is 0 Å². The van der Waals surface area contributed by atoms with Crippen molar-refractivity contribution in [3.05, 3.63) is 81.6 Å². The Kier molecular flexibility index (Phi) is 3.21. The number of fused-ring (bicyclic) bond motifs is 5. The molecule has 0 bridgehead atoms. The van der Waals surface area contributed by atoms with Crippen LogP contribution in [0.4, 0.5) is 5.69 Å². The first-order valence-electron chi connectivity index (χ1n) is 8.15. The summed E-state index contributed by atoms with van der Waals surface area (Å²) in [5.41, 5.74) is 9.40. The first kappa shape index (κ1) is 15.2. The van der Waals surface area contributed by atoms with E-state index in [-0.39, 0.29) is 5.56 Å². The van der Waals surface area contributed by atoms with Crippen molar-refractivity contribution in [2.75, 3.05) is 5.73 Å². The first-order valence-corrected chi connectivity index (χ1v) is 8.95. The van der Waals surface area contributed by atoms with Crippen molar-refractivity contribution in [2.45, 2.75) is 0 Å². The van der Waals surface area contributed by atoms with Crippen molar-refractivity contribution in [1.29, 1.82) is 0 Å². The predicted molar refractivity (Wildman–Crippen MR) is 109 cm³/mol. The molecular weight excluding hydrogens is 392 g/mol. The van der Waals surface area contributed by atoms with Crippen LogP contribution in [0, 0.1) is 0 Å². The Morgan fingerprint density at radius 3 is 2.42 bits per heavy atom. The SMILES string of the molecule is Nc1ccccc1-n1c(=O)c2ccccc2c2oc3ccc(Br)cc3c21. The third-order valence-corrected chi connectivity index (χ3v) is 5.12. The van der Waals surface area contributed by atoms with Gasteiger partial charge in [-0.25, -0.2) is 0 Å². The normalized spacial score (nSPS) is 11.6. The van der Waals surface area contributed by atoms with E-state index in [0.29, 0.717) is 22.3 Å². The summed E-state index contributed by atoms with van der Waals surface area (Å²) in [6.07, 6.45) is 0. The highest BCUT2D eigenvalue weighted by molar-refractivity contribution is 9.10. The van der Waals surface area contributed by atoms with E-state index in [9.17, 15) is 4.79 Å². The molecule has 3 aromatic carbocycles. The minimum Gasteiger partial charge on any atom is -0.454 e. The zero-order chi connectivity index (χ0) is 17.8. The molecule has 2 N–H and O–H groups in total. The Labute approximate surface area is 156 Å². The van der Waals surface area contributed by atoms with Crippen LogP contribution in [0.25, 0.3) is 38.5 Å². The average molecular weight is 405 g/mol. The minimum atomic E-state index is -0.117. The fraction of sp³-hybridized carbons (Fsp3) is 0. The van der Waals surface area contributed by atoms with Crippen molar-refractivity contribution in [1.82, 2.24) is 4.57 Å². The molecule has 0 radical (unpaired) electrons. The van der Waals surface area contributed by atoms with E-state index in [0.717, 1.165) is 26.3 Å². The van der Waals surface area contributed by atoms with Gasteiger partial charge < -0.3 is 10.2 Å². The molecule has 0 aliphatic rings. The summed E-state index contributed by atoms with van der Waals surface area (Å²) in [6.45, 7) is 0. The molecule has 126 valence electrons. The molecule has 0 spiro atoms. The van der Waals surface area contributed by atoms with Crippen LogP contribution in [-0.2, 0) is 0 Å². The van der Waals surface area contributed by atoms with Gasteiger partial charge in [0.25, 0.3) is 5.56 Å². The number of pyridine rings is 1. The van der Waals surface area contributed by atoms with Gasteiger partial charge in [-0.2, -0.15) is 0 Å². The molecule has 4 nitrogen and oxygen atoms in total. The van der Waals surface area contributed by atoms with E-state index >= 15 is 0 Å². The number of nitrogen functional groups attached to an aromatic ring is 1. The Balaban J connectivity index is 2.13. The molecule has 26 heavy (non-hydrogen) atoms. The average Bonchev–Trinajstić information content (AvgIpc) is 3.02. The van der Waals surface area contributed by atoms with Crippen LogP contribution in [0.2, 0.25) is 0 Å². The molecule has 0 atom stereocenters.